The first-order valence-electron chi connectivity index (χ1n) is 17.3. The number of nitrogens with zero attached hydrogens (tertiary/aromatic N) is 3. The van der Waals surface area contributed by atoms with Crippen molar-refractivity contribution < 1.29 is 4.42 Å². The van der Waals surface area contributed by atoms with E-state index in [2.05, 4.69) is 107 Å². The van der Waals surface area contributed by atoms with E-state index >= 15 is 0 Å². The van der Waals surface area contributed by atoms with E-state index in [0.717, 1.165) is 71.9 Å². The number of para-hydroxylation sites is 2. The van der Waals surface area contributed by atoms with Gasteiger partial charge in [0.2, 0.25) is 0 Å². The number of hydrogen-bond acceptors (Lipinski definition) is 5. The Labute approximate surface area is 298 Å². The van der Waals surface area contributed by atoms with E-state index in [-0.39, 0.29) is 11.8 Å². The molecule has 0 amide bonds. The molecule has 0 saturated heterocycles. The average Bonchev–Trinajstić information content (AvgIpc) is 3.55. The van der Waals surface area contributed by atoms with Crippen molar-refractivity contribution in [2.75, 3.05) is 0 Å². The summed E-state index contributed by atoms with van der Waals surface area (Å²) in [5, 5.41) is 8.22. The van der Waals surface area contributed by atoms with Crippen LogP contribution in [0.25, 0.3) is 60.4 Å². The first-order valence-corrected chi connectivity index (χ1v) is 17.3. The maximum Gasteiger partial charge on any atom is 0.344 e. The van der Waals surface area contributed by atoms with E-state index in [0.29, 0.717) is 16.8 Å². The molecule has 9 aromatic rings. The Balaban J connectivity index is 1.05. The number of benzene rings is 7. The van der Waals surface area contributed by atoms with Crippen LogP contribution in [0.3, 0.4) is 0 Å². The molecule has 10 rings (SSSR count). The van der Waals surface area contributed by atoms with Gasteiger partial charge in [-0.1, -0.05) is 115 Å². The fourth-order valence-electron chi connectivity index (χ4n) is 7.38. The van der Waals surface area contributed by atoms with Gasteiger partial charge in [0.25, 0.3) is 0 Å². The zero-order valence-electron chi connectivity index (χ0n) is 27.9. The Morgan fingerprint density at radius 3 is 1.96 bits per heavy atom. The van der Waals surface area contributed by atoms with Crippen molar-refractivity contribution in [3.05, 3.63) is 197 Å². The van der Waals surface area contributed by atoms with Gasteiger partial charge in [-0.15, -0.1) is 0 Å². The standard InChI is InChI=1S/C46H30N4O2/c51-46-39-28-32(21-25-35(39)37-16-8-10-18-42(37)52-46)33-22-26-41-38(27-33)36-15-7-9-17-40(36)50(41)34-23-19-31(20-24-34)45-48-43(29-11-3-1-4-12-29)47-44(49-45)30-13-5-2-6-14-30/h1-28,43H,(H,47,48,49). The number of nitrogens with one attached hydrogen (secondary N) is 1. The van der Waals surface area contributed by atoms with Crippen LogP contribution in [0.1, 0.15) is 22.9 Å². The number of aliphatic imine (C=N–C) groups is 2. The molecule has 52 heavy (non-hydrogen) atoms. The van der Waals surface area contributed by atoms with Crippen LogP contribution in [0.15, 0.2) is 189 Å². The second-order valence-electron chi connectivity index (χ2n) is 13.0. The van der Waals surface area contributed by atoms with Crippen LogP contribution in [0.4, 0.5) is 0 Å². The van der Waals surface area contributed by atoms with Crippen LogP contribution < -0.4 is 10.9 Å². The van der Waals surface area contributed by atoms with Crippen molar-refractivity contribution in [1.29, 1.82) is 0 Å². The number of fused-ring (bicyclic) bond motifs is 6. The van der Waals surface area contributed by atoms with Gasteiger partial charge in [-0.2, -0.15) is 0 Å². The molecule has 1 aliphatic rings. The maximum atomic E-state index is 13.0. The second-order valence-corrected chi connectivity index (χ2v) is 13.0. The maximum absolute atomic E-state index is 13.0. The number of amidine groups is 2. The fraction of sp³-hybridized carbons (Fsp3) is 0.0217. The van der Waals surface area contributed by atoms with E-state index in [1.165, 1.54) is 0 Å². The Morgan fingerprint density at radius 1 is 0.519 bits per heavy atom. The predicted molar refractivity (Wildman–Crippen MR) is 212 cm³/mol. The third-order valence-electron chi connectivity index (χ3n) is 9.91. The normalized spacial score (nSPS) is 14.4. The second kappa shape index (κ2) is 12.1. The van der Waals surface area contributed by atoms with Crippen molar-refractivity contribution in [1.82, 2.24) is 9.88 Å². The van der Waals surface area contributed by atoms with E-state index in [4.69, 9.17) is 14.4 Å². The molecule has 0 bridgehead atoms. The average molecular weight is 671 g/mol. The minimum Gasteiger partial charge on any atom is -0.422 e. The number of rotatable bonds is 5. The zero-order chi connectivity index (χ0) is 34.6. The Kier molecular flexibility index (Phi) is 6.93. The minimum atomic E-state index is -0.329. The first kappa shape index (κ1) is 29.8. The van der Waals surface area contributed by atoms with Crippen molar-refractivity contribution in [2.24, 2.45) is 9.98 Å². The van der Waals surface area contributed by atoms with Gasteiger partial charge in [-0.05, 0) is 76.7 Å². The molecule has 0 aliphatic carbocycles. The monoisotopic (exact) mass is 670 g/mol. The van der Waals surface area contributed by atoms with Crippen LogP contribution in [0, 0.1) is 0 Å². The molecule has 0 saturated carbocycles. The topological polar surface area (TPSA) is 71.9 Å². The summed E-state index contributed by atoms with van der Waals surface area (Å²) in [5.41, 5.74) is 8.54. The smallest absolute Gasteiger partial charge is 0.344 e. The molecule has 0 fully saturated rings. The first-order chi connectivity index (χ1) is 25.7. The van der Waals surface area contributed by atoms with Crippen LogP contribution in [-0.4, -0.2) is 16.2 Å². The third-order valence-corrected chi connectivity index (χ3v) is 9.91. The molecule has 1 N–H and O–H groups in total. The van der Waals surface area contributed by atoms with Crippen molar-refractivity contribution in [3.63, 3.8) is 0 Å². The van der Waals surface area contributed by atoms with Crippen LogP contribution in [0.5, 0.6) is 0 Å². The molecule has 1 atom stereocenters. The highest BCUT2D eigenvalue weighted by atomic mass is 16.4. The lowest BCUT2D eigenvalue weighted by Crippen LogP contribution is -2.33. The molecular weight excluding hydrogens is 641 g/mol. The van der Waals surface area contributed by atoms with E-state index < -0.39 is 0 Å². The quantitative estimate of drug-likeness (QED) is 0.146. The SMILES string of the molecule is O=c1oc2ccccc2c2ccc(-c3ccc4c(c3)c3ccccc3n4-c3ccc(C4=NC(c5ccccc5)NC(c5ccccc5)=N4)cc3)cc12. The van der Waals surface area contributed by atoms with Crippen LogP contribution in [0.2, 0.25) is 0 Å². The summed E-state index contributed by atoms with van der Waals surface area (Å²) in [6.07, 6.45) is -0.258. The Morgan fingerprint density at radius 2 is 1.15 bits per heavy atom. The molecule has 246 valence electrons. The number of hydrogen-bond donors (Lipinski definition) is 1. The fourth-order valence-corrected chi connectivity index (χ4v) is 7.38. The minimum absolute atomic E-state index is 0.258. The summed E-state index contributed by atoms with van der Waals surface area (Å²) in [6.45, 7) is 0. The molecule has 0 radical (unpaired) electrons. The van der Waals surface area contributed by atoms with Gasteiger partial charge in [0.15, 0.2) is 5.84 Å². The largest absolute Gasteiger partial charge is 0.422 e. The molecule has 0 spiro atoms. The highest BCUT2D eigenvalue weighted by Crippen LogP contribution is 2.36. The van der Waals surface area contributed by atoms with Gasteiger partial charge in [-0.25, -0.2) is 14.8 Å². The van der Waals surface area contributed by atoms with Gasteiger partial charge in [0, 0.05) is 33.0 Å². The van der Waals surface area contributed by atoms with Gasteiger partial charge in [0.05, 0.1) is 16.4 Å². The lowest BCUT2D eigenvalue weighted by Gasteiger charge is -2.23. The van der Waals surface area contributed by atoms with Gasteiger partial charge in [0.1, 0.15) is 17.6 Å². The van der Waals surface area contributed by atoms with Crippen molar-refractivity contribution in [2.45, 2.75) is 6.17 Å². The molecule has 6 nitrogen and oxygen atoms in total. The summed E-state index contributed by atoms with van der Waals surface area (Å²) < 4.78 is 7.97. The Bertz CT molecular complexity index is 2940. The number of aromatic nitrogens is 1. The summed E-state index contributed by atoms with van der Waals surface area (Å²) in [5.74, 6) is 1.48. The molecule has 1 unspecified atom stereocenters. The van der Waals surface area contributed by atoms with E-state index in [9.17, 15) is 4.79 Å². The summed E-state index contributed by atoms with van der Waals surface area (Å²) >= 11 is 0. The zero-order valence-corrected chi connectivity index (χ0v) is 27.9. The summed E-state index contributed by atoms with van der Waals surface area (Å²) in [7, 11) is 0. The summed E-state index contributed by atoms with van der Waals surface area (Å²) in [6, 6.07) is 57.7. The van der Waals surface area contributed by atoms with Crippen LogP contribution >= 0.6 is 0 Å². The molecular formula is C46H30N4O2. The van der Waals surface area contributed by atoms with Crippen molar-refractivity contribution >= 4 is 55.2 Å². The van der Waals surface area contributed by atoms with E-state index in [1.807, 2.05) is 72.8 Å². The molecule has 3 heterocycles. The highest BCUT2D eigenvalue weighted by molar-refractivity contribution is 6.14. The molecule has 1 aliphatic heterocycles. The molecule has 2 aromatic heterocycles. The van der Waals surface area contributed by atoms with Gasteiger partial charge >= 0.3 is 5.63 Å². The Hall–Kier alpha value is -7.05. The van der Waals surface area contributed by atoms with Crippen LogP contribution in [-0.2, 0) is 0 Å². The third kappa shape index (κ3) is 5.00. The van der Waals surface area contributed by atoms with E-state index in [1.54, 1.807) is 0 Å². The van der Waals surface area contributed by atoms with Crippen molar-refractivity contribution in [3.8, 4) is 16.8 Å². The lowest BCUT2D eigenvalue weighted by molar-refractivity contribution is 0.569. The van der Waals surface area contributed by atoms with Gasteiger partial charge < -0.3 is 14.3 Å². The highest BCUT2D eigenvalue weighted by Gasteiger charge is 2.21. The molecule has 6 heteroatoms. The lowest BCUT2D eigenvalue weighted by atomic mass is 9.99. The van der Waals surface area contributed by atoms with Gasteiger partial charge in [-0.3, -0.25) is 0 Å². The predicted octanol–water partition coefficient (Wildman–Crippen LogP) is 10.2. The molecule has 7 aromatic carbocycles. The summed E-state index contributed by atoms with van der Waals surface area (Å²) in [4.78, 5) is 23.1.